The second-order valence-corrected chi connectivity index (χ2v) is 4.09. The standard InChI is InChI=1S/C14H20N2O4/c1-2-12-4-3-5-13(16-12)10-14(18)20-9-7-15-6-8-19-11-17/h3-5,11,15H,2,6-10H2,1H3. The van der Waals surface area contributed by atoms with Crippen LogP contribution in [0.15, 0.2) is 18.2 Å². The summed E-state index contributed by atoms with van der Waals surface area (Å²) < 4.78 is 9.58. The fourth-order valence-corrected chi connectivity index (χ4v) is 1.56. The molecular formula is C14H20N2O4. The van der Waals surface area contributed by atoms with E-state index in [-0.39, 0.29) is 19.0 Å². The first kappa shape index (κ1) is 16.1. The first-order valence-corrected chi connectivity index (χ1v) is 6.62. The molecule has 0 radical (unpaired) electrons. The lowest BCUT2D eigenvalue weighted by atomic mass is 10.2. The number of rotatable bonds is 10. The van der Waals surface area contributed by atoms with Gasteiger partial charge in [-0.25, -0.2) is 0 Å². The molecule has 0 amide bonds. The number of hydrogen-bond donors (Lipinski definition) is 1. The van der Waals surface area contributed by atoms with Crippen LogP contribution < -0.4 is 5.32 Å². The minimum Gasteiger partial charge on any atom is -0.467 e. The summed E-state index contributed by atoms with van der Waals surface area (Å²) in [4.78, 5) is 25.8. The number of nitrogens with one attached hydrogen (secondary N) is 1. The third-order valence-corrected chi connectivity index (χ3v) is 2.56. The normalized spacial score (nSPS) is 10.1. The van der Waals surface area contributed by atoms with Gasteiger partial charge in [-0.2, -0.15) is 0 Å². The van der Waals surface area contributed by atoms with Crippen LogP contribution in [0.5, 0.6) is 0 Å². The van der Waals surface area contributed by atoms with Gasteiger partial charge in [0.2, 0.25) is 0 Å². The van der Waals surface area contributed by atoms with Crippen molar-refractivity contribution in [2.45, 2.75) is 19.8 Å². The largest absolute Gasteiger partial charge is 0.467 e. The Labute approximate surface area is 118 Å². The third kappa shape index (κ3) is 6.84. The summed E-state index contributed by atoms with van der Waals surface area (Å²) in [6.07, 6.45) is 1.03. The average Bonchev–Trinajstić information content (AvgIpc) is 2.46. The molecule has 0 aliphatic rings. The molecule has 0 bridgehead atoms. The summed E-state index contributed by atoms with van der Waals surface area (Å²) in [7, 11) is 0. The van der Waals surface area contributed by atoms with E-state index in [2.05, 4.69) is 15.0 Å². The molecule has 20 heavy (non-hydrogen) atoms. The molecule has 1 N–H and O–H groups in total. The van der Waals surface area contributed by atoms with E-state index in [4.69, 9.17) is 4.74 Å². The molecular weight excluding hydrogens is 260 g/mol. The third-order valence-electron chi connectivity index (χ3n) is 2.56. The molecule has 0 unspecified atom stereocenters. The van der Waals surface area contributed by atoms with Crippen molar-refractivity contribution in [1.29, 1.82) is 0 Å². The van der Waals surface area contributed by atoms with Gasteiger partial charge in [0, 0.05) is 18.8 Å². The van der Waals surface area contributed by atoms with E-state index < -0.39 is 0 Å². The number of pyridine rings is 1. The maximum absolute atomic E-state index is 11.6. The van der Waals surface area contributed by atoms with Crippen LogP contribution in [-0.2, 0) is 31.9 Å². The molecule has 6 nitrogen and oxygen atoms in total. The molecule has 110 valence electrons. The van der Waals surface area contributed by atoms with Gasteiger partial charge in [0.15, 0.2) is 0 Å². The summed E-state index contributed by atoms with van der Waals surface area (Å²) >= 11 is 0. The SMILES string of the molecule is CCc1cccc(CC(=O)OCCNCCOC=O)n1. The molecule has 1 rings (SSSR count). The summed E-state index contributed by atoms with van der Waals surface area (Å²) in [5, 5.41) is 2.98. The maximum Gasteiger partial charge on any atom is 0.311 e. The zero-order valence-electron chi connectivity index (χ0n) is 11.6. The predicted octanol–water partition coefficient (Wildman–Crippen LogP) is 0.492. The average molecular weight is 280 g/mol. The Morgan fingerprint density at radius 1 is 1.30 bits per heavy atom. The van der Waals surface area contributed by atoms with E-state index in [0.717, 1.165) is 17.8 Å². The highest BCUT2D eigenvalue weighted by Gasteiger charge is 2.06. The molecule has 0 saturated heterocycles. The molecule has 0 atom stereocenters. The Morgan fingerprint density at radius 2 is 2.05 bits per heavy atom. The first-order chi connectivity index (χ1) is 9.76. The molecule has 0 aromatic carbocycles. The van der Waals surface area contributed by atoms with Crippen molar-refractivity contribution >= 4 is 12.4 Å². The van der Waals surface area contributed by atoms with Gasteiger partial charge < -0.3 is 14.8 Å². The van der Waals surface area contributed by atoms with Gasteiger partial charge in [0.05, 0.1) is 12.1 Å². The van der Waals surface area contributed by atoms with E-state index in [1.807, 2.05) is 25.1 Å². The van der Waals surface area contributed by atoms with Crippen LogP contribution in [0.3, 0.4) is 0 Å². The number of hydrogen-bond acceptors (Lipinski definition) is 6. The van der Waals surface area contributed by atoms with Gasteiger partial charge in [-0.15, -0.1) is 0 Å². The van der Waals surface area contributed by atoms with Crippen LogP contribution in [0.25, 0.3) is 0 Å². The number of nitrogens with zero attached hydrogens (tertiary/aromatic N) is 1. The van der Waals surface area contributed by atoms with E-state index >= 15 is 0 Å². The summed E-state index contributed by atoms with van der Waals surface area (Å²) in [5.74, 6) is -0.295. The molecule has 6 heteroatoms. The minimum atomic E-state index is -0.295. The van der Waals surface area contributed by atoms with Crippen molar-refractivity contribution in [2.24, 2.45) is 0 Å². The highest BCUT2D eigenvalue weighted by molar-refractivity contribution is 5.71. The second kappa shape index (κ2) is 9.91. The van der Waals surface area contributed by atoms with E-state index in [9.17, 15) is 9.59 Å². The van der Waals surface area contributed by atoms with Crippen LogP contribution in [0.2, 0.25) is 0 Å². The van der Waals surface area contributed by atoms with Gasteiger partial charge in [0.25, 0.3) is 6.47 Å². The van der Waals surface area contributed by atoms with Crippen LogP contribution in [0, 0.1) is 0 Å². The zero-order valence-corrected chi connectivity index (χ0v) is 11.6. The van der Waals surface area contributed by atoms with Crippen LogP contribution in [-0.4, -0.2) is 43.7 Å². The van der Waals surface area contributed by atoms with E-state index in [1.54, 1.807) is 0 Å². The van der Waals surface area contributed by atoms with Crippen molar-refractivity contribution < 1.29 is 19.1 Å². The fourth-order valence-electron chi connectivity index (χ4n) is 1.56. The quantitative estimate of drug-likeness (QED) is 0.382. The Morgan fingerprint density at radius 3 is 2.80 bits per heavy atom. The summed E-state index contributed by atoms with van der Waals surface area (Å²) in [6, 6.07) is 5.64. The Bertz CT molecular complexity index is 423. The highest BCUT2D eigenvalue weighted by Crippen LogP contribution is 2.02. The first-order valence-electron chi connectivity index (χ1n) is 6.62. The molecule has 1 aromatic heterocycles. The van der Waals surface area contributed by atoms with Crippen LogP contribution in [0.4, 0.5) is 0 Å². The number of carbonyl (C=O) groups is 2. The lowest BCUT2D eigenvalue weighted by Gasteiger charge is -2.06. The van der Waals surface area contributed by atoms with Gasteiger partial charge >= 0.3 is 5.97 Å². The van der Waals surface area contributed by atoms with Gasteiger partial charge in [-0.1, -0.05) is 13.0 Å². The van der Waals surface area contributed by atoms with Crippen LogP contribution >= 0.6 is 0 Å². The number of aryl methyl sites for hydroxylation is 1. The topological polar surface area (TPSA) is 77.5 Å². The molecule has 1 aromatic rings. The van der Waals surface area contributed by atoms with Gasteiger partial charge in [-0.3, -0.25) is 14.6 Å². The number of carbonyl (C=O) groups excluding carboxylic acids is 2. The van der Waals surface area contributed by atoms with Crippen molar-refractivity contribution in [3.8, 4) is 0 Å². The van der Waals surface area contributed by atoms with E-state index in [1.165, 1.54) is 0 Å². The summed E-state index contributed by atoms with van der Waals surface area (Å²) in [5.41, 5.74) is 1.69. The van der Waals surface area contributed by atoms with Crippen molar-refractivity contribution in [3.63, 3.8) is 0 Å². The number of ether oxygens (including phenoxy) is 2. The van der Waals surface area contributed by atoms with Gasteiger partial charge in [-0.05, 0) is 18.6 Å². The predicted molar refractivity (Wildman–Crippen MR) is 73.2 cm³/mol. The Kier molecular flexibility index (Phi) is 7.98. The molecule has 0 spiro atoms. The molecule has 1 heterocycles. The van der Waals surface area contributed by atoms with E-state index in [0.29, 0.717) is 26.2 Å². The van der Waals surface area contributed by atoms with Crippen molar-refractivity contribution in [1.82, 2.24) is 10.3 Å². The summed E-state index contributed by atoms with van der Waals surface area (Å²) in [6.45, 7) is 4.08. The van der Waals surface area contributed by atoms with Crippen molar-refractivity contribution in [3.05, 3.63) is 29.6 Å². The Balaban J connectivity index is 2.15. The molecule has 0 aliphatic carbocycles. The molecule has 0 saturated carbocycles. The fraction of sp³-hybridized carbons (Fsp3) is 0.500. The monoisotopic (exact) mass is 280 g/mol. The van der Waals surface area contributed by atoms with Crippen molar-refractivity contribution in [2.75, 3.05) is 26.3 Å². The highest BCUT2D eigenvalue weighted by atomic mass is 16.5. The lowest BCUT2D eigenvalue weighted by molar-refractivity contribution is -0.142. The van der Waals surface area contributed by atoms with Gasteiger partial charge in [0.1, 0.15) is 13.2 Å². The smallest absolute Gasteiger partial charge is 0.311 e. The molecule has 0 aliphatic heterocycles. The zero-order chi connectivity index (χ0) is 14.6. The number of esters is 1. The van der Waals surface area contributed by atoms with Crippen LogP contribution in [0.1, 0.15) is 18.3 Å². The minimum absolute atomic E-state index is 0.183. The second-order valence-electron chi connectivity index (χ2n) is 4.09. The molecule has 0 fully saturated rings. The lowest BCUT2D eigenvalue weighted by Crippen LogP contribution is -2.25. The Hall–Kier alpha value is -1.95. The maximum atomic E-state index is 11.6. The number of aromatic nitrogens is 1.